The SMILES string of the molecule is CCOC(=O)CCNCCOc1ccccc1OC. The molecule has 0 atom stereocenters. The van der Waals surface area contributed by atoms with E-state index in [-0.39, 0.29) is 5.97 Å². The lowest BCUT2D eigenvalue weighted by atomic mass is 10.3. The topological polar surface area (TPSA) is 56.8 Å². The first kappa shape index (κ1) is 15.3. The second-order valence-electron chi connectivity index (χ2n) is 3.80. The van der Waals surface area contributed by atoms with E-state index in [1.165, 1.54) is 0 Å². The van der Waals surface area contributed by atoms with Crippen molar-refractivity contribution in [1.29, 1.82) is 0 Å². The van der Waals surface area contributed by atoms with Gasteiger partial charge in [0.15, 0.2) is 11.5 Å². The Bertz CT molecular complexity index is 381. The van der Waals surface area contributed by atoms with Gasteiger partial charge in [-0.1, -0.05) is 12.1 Å². The largest absolute Gasteiger partial charge is 0.493 e. The average molecular weight is 267 g/mol. The lowest BCUT2D eigenvalue weighted by Gasteiger charge is -2.10. The second kappa shape index (κ2) is 9.22. The predicted octanol–water partition coefficient (Wildman–Crippen LogP) is 1.62. The number of benzene rings is 1. The van der Waals surface area contributed by atoms with Crippen LogP contribution in [-0.2, 0) is 9.53 Å². The fourth-order valence-electron chi connectivity index (χ4n) is 1.52. The van der Waals surface area contributed by atoms with Gasteiger partial charge in [0.1, 0.15) is 6.61 Å². The molecule has 0 unspecified atom stereocenters. The summed E-state index contributed by atoms with van der Waals surface area (Å²) >= 11 is 0. The number of ether oxygens (including phenoxy) is 3. The molecule has 0 aliphatic carbocycles. The summed E-state index contributed by atoms with van der Waals surface area (Å²) in [7, 11) is 1.61. The first-order valence-corrected chi connectivity index (χ1v) is 6.40. The van der Waals surface area contributed by atoms with Gasteiger partial charge in [-0.15, -0.1) is 0 Å². The van der Waals surface area contributed by atoms with Gasteiger partial charge < -0.3 is 19.5 Å². The van der Waals surface area contributed by atoms with Crippen LogP contribution in [0.5, 0.6) is 11.5 Å². The van der Waals surface area contributed by atoms with Crippen LogP contribution in [0, 0.1) is 0 Å². The van der Waals surface area contributed by atoms with Gasteiger partial charge in [0.2, 0.25) is 0 Å². The van der Waals surface area contributed by atoms with E-state index < -0.39 is 0 Å². The highest BCUT2D eigenvalue weighted by molar-refractivity contribution is 5.69. The fraction of sp³-hybridized carbons (Fsp3) is 0.500. The molecule has 5 heteroatoms. The number of hydrogen-bond acceptors (Lipinski definition) is 5. The number of para-hydroxylation sites is 2. The summed E-state index contributed by atoms with van der Waals surface area (Å²) in [5.41, 5.74) is 0. The molecule has 0 spiro atoms. The van der Waals surface area contributed by atoms with Crippen LogP contribution in [0.25, 0.3) is 0 Å². The number of esters is 1. The Morgan fingerprint density at radius 3 is 2.63 bits per heavy atom. The monoisotopic (exact) mass is 267 g/mol. The van der Waals surface area contributed by atoms with Crippen LogP contribution < -0.4 is 14.8 Å². The normalized spacial score (nSPS) is 10.0. The van der Waals surface area contributed by atoms with Crippen LogP contribution in [0.1, 0.15) is 13.3 Å². The fourth-order valence-corrected chi connectivity index (χ4v) is 1.52. The van der Waals surface area contributed by atoms with Crippen molar-refractivity contribution in [2.24, 2.45) is 0 Å². The van der Waals surface area contributed by atoms with Crippen molar-refractivity contribution in [3.05, 3.63) is 24.3 Å². The highest BCUT2D eigenvalue weighted by Gasteiger charge is 2.02. The lowest BCUT2D eigenvalue weighted by molar-refractivity contribution is -0.142. The molecule has 0 radical (unpaired) electrons. The van der Waals surface area contributed by atoms with E-state index in [0.717, 1.165) is 5.75 Å². The molecule has 0 amide bonds. The average Bonchev–Trinajstić information content (AvgIpc) is 2.43. The number of rotatable bonds is 9. The number of carbonyl (C=O) groups is 1. The Balaban J connectivity index is 2.12. The third kappa shape index (κ3) is 6.10. The van der Waals surface area contributed by atoms with Gasteiger partial charge in [0, 0.05) is 13.1 Å². The van der Waals surface area contributed by atoms with Crippen LogP contribution in [0.15, 0.2) is 24.3 Å². The van der Waals surface area contributed by atoms with Crippen molar-refractivity contribution in [3.63, 3.8) is 0 Å². The molecule has 0 aromatic heterocycles. The van der Waals surface area contributed by atoms with Gasteiger partial charge in [0.25, 0.3) is 0 Å². The summed E-state index contributed by atoms with van der Waals surface area (Å²) < 4.78 is 15.6. The van der Waals surface area contributed by atoms with E-state index in [9.17, 15) is 4.79 Å². The Morgan fingerprint density at radius 1 is 1.21 bits per heavy atom. The summed E-state index contributed by atoms with van der Waals surface area (Å²) in [5.74, 6) is 1.26. The van der Waals surface area contributed by atoms with Gasteiger partial charge in [-0.3, -0.25) is 4.79 Å². The maximum absolute atomic E-state index is 11.1. The zero-order valence-corrected chi connectivity index (χ0v) is 11.5. The molecule has 1 aromatic rings. The molecule has 1 N–H and O–H groups in total. The van der Waals surface area contributed by atoms with Crippen LogP contribution >= 0.6 is 0 Å². The van der Waals surface area contributed by atoms with Crippen LogP contribution in [0.2, 0.25) is 0 Å². The summed E-state index contributed by atoms with van der Waals surface area (Å²) in [4.78, 5) is 11.1. The van der Waals surface area contributed by atoms with Gasteiger partial charge in [-0.25, -0.2) is 0 Å². The molecule has 106 valence electrons. The first-order valence-electron chi connectivity index (χ1n) is 6.40. The molecule has 0 saturated carbocycles. The van der Waals surface area contributed by atoms with E-state index in [1.54, 1.807) is 14.0 Å². The Labute approximate surface area is 113 Å². The van der Waals surface area contributed by atoms with E-state index >= 15 is 0 Å². The number of nitrogens with one attached hydrogen (secondary N) is 1. The molecule has 0 bridgehead atoms. The molecule has 0 aliphatic rings. The minimum atomic E-state index is -0.180. The van der Waals surface area contributed by atoms with Gasteiger partial charge >= 0.3 is 5.97 Å². The molecule has 0 heterocycles. The van der Waals surface area contributed by atoms with Crippen molar-refractivity contribution in [2.45, 2.75) is 13.3 Å². The Morgan fingerprint density at radius 2 is 1.95 bits per heavy atom. The molecule has 0 fully saturated rings. The molecule has 1 aromatic carbocycles. The van der Waals surface area contributed by atoms with Crippen molar-refractivity contribution >= 4 is 5.97 Å². The van der Waals surface area contributed by atoms with Gasteiger partial charge in [-0.2, -0.15) is 0 Å². The molecule has 0 aliphatic heterocycles. The van der Waals surface area contributed by atoms with E-state index in [0.29, 0.717) is 38.5 Å². The van der Waals surface area contributed by atoms with E-state index in [1.807, 2.05) is 24.3 Å². The lowest BCUT2D eigenvalue weighted by Crippen LogP contribution is -2.24. The van der Waals surface area contributed by atoms with Crippen LogP contribution in [0.4, 0.5) is 0 Å². The Kier molecular flexibility index (Phi) is 7.43. The van der Waals surface area contributed by atoms with Crippen molar-refractivity contribution in [3.8, 4) is 11.5 Å². The third-order valence-corrected chi connectivity index (χ3v) is 2.42. The second-order valence-corrected chi connectivity index (χ2v) is 3.80. The summed E-state index contributed by atoms with van der Waals surface area (Å²) in [5, 5.41) is 3.12. The summed E-state index contributed by atoms with van der Waals surface area (Å²) in [6, 6.07) is 7.50. The summed E-state index contributed by atoms with van der Waals surface area (Å²) in [6.45, 7) is 4.00. The number of methoxy groups -OCH3 is 1. The third-order valence-electron chi connectivity index (χ3n) is 2.42. The zero-order chi connectivity index (χ0) is 13.9. The van der Waals surface area contributed by atoms with Gasteiger partial charge in [-0.05, 0) is 19.1 Å². The van der Waals surface area contributed by atoms with E-state index in [4.69, 9.17) is 14.2 Å². The first-order chi connectivity index (χ1) is 9.27. The predicted molar refractivity (Wildman–Crippen MR) is 72.6 cm³/mol. The minimum absolute atomic E-state index is 0.180. The van der Waals surface area contributed by atoms with Crippen LogP contribution in [-0.4, -0.2) is 39.4 Å². The van der Waals surface area contributed by atoms with Crippen LogP contribution in [0.3, 0.4) is 0 Å². The molecular formula is C14H21NO4. The molecular weight excluding hydrogens is 246 g/mol. The number of carbonyl (C=O) groups excluding carboxylic acids is 1. The van der Waals surface area contributed by atoms with Gasteiger partial charge in [0.05, 0.1) is 20.1 Å². The Hall–Kier alpha value is -1.75. The zero-order valence-electron chi connectivity index (χ0n) is 11.5. The highest BCUT2D eigenvalue weighted by atomic mass is 16.5. The quantitative estimate of drug-likeness (QED) is 0.544. The van der Waals surface area contributed by atoms with Crippen molar-refractivity contribution < 1.29 is 19.0 Å². The van der Waals surface area contributed by atoms with Crippen molar-refractivity contribution in [1.82, 2.24) is 5.32 Å². The molecule has 0 saturated heterocycles. The smallest absolute Gasteiger partial charge is 0.307 e. The standard InChI is InChI=1S/C14H21NO4/c1-3-18-14(16)8-9-15-10-11-19-13-7-5-4-6-12(13)17-2/h4-7,15H,3,8-11H2,1-2H3. The maximum Gasteiger partial charge on any atom is 0.307 e. The molecule has 19 heavy (non-hydrogen) atoms. The van der Waals surface area contributed by atoms with E-state index in [2.05, 4.69) is 5.32 Å². The number of hydrogen-bond donors (Lipinski definition) is 1. The highest BCUT2D eigenvalue weighted by Crippen LogP contribution is 2.25. The maximum atomic E-state index is 11.1. The van der Waals surface area contributed by atoms with Crippen molar-refractivity contribution in [2.75, 3.05) is 33.4 Å². The molecule has 5 nitrogen and oxygen atoms in total. The minimum Gasteiger partial charge on any atom is -0.493 e. The summed E-state index contributed by atoms with van der Waals surface area (Å²) in [6.07, 6.45) is 0.377. The molecule has 1 rings (SSSR count).